The van der Waals surface area contributed by atoms with Crippen LogP contribution >= 0.6 is 11.3 Å². The van der Waals surface area contributed by atoms with Crippen LogP contribution < -0.4 is 10.6 Å². The SMILES string of the molecule is Cc1ccc(CCN(CCC(N)=O)CCN(CCc2ccc(O)c3[nH]c(=O)sc23)C2CCCCCC2)cc1. The molecule has 0 spiro atoms. The van der Waals surface area contributed by atoms with Gasteiger partial charge in [-0.1, -0.05) is 72.9 Å². The molecule has 1 amide bonds. The van der Waals surface area contributed by atoms with Gasteiger partial charge in [-0.2, -0.15) is 0 Å². The fraction of sp³-hybridized carbons (Fsp3) is 0.533. The van der Waals surface area contributed by atoms with Crippen molar-refractivity contribution in [3.63, 3.8) is 0 Å². The fourth-order valence-corrected chi connectivity index (χ4v) is 6.45. The third-order valence-corrected chi connectivity index (χ3v) is 8.82. The van der Waals surface area contributed by atoms with Crippen LogP contribution in [0.25, 0.3) is 10.2 Å². The molecular formula is C30H42N4O3S. The van der Waals surface area contributed by atoms with E-state index in [1.807, 2.05) is 6.07 Å². The minimum Gasteiger partial charge on any atom is -0.506 e. The zero-order valence-electron chi connectivity index (χ0n) is 22.6. The van der Waals surface area contributed by atoms with Crippen LogP contribution in [0.15, 0.2) is 41.2 Å². The first-order valence-corrected chi connectivity index (χ1v) is 14.8. The second-order valence-corrected chi connectivity index (χ2v) is 11.7. The van der Waals surface area contributed by atoms with Crippen LogP contribution in [0.3, 0.4) is 0 Å². The first-order valence-electron chi connectivity index (χ1n) is 14.0. The minimum absolute atomic E-state index is 0.126. The van der Waals surface area contributed by atoms with Gasteiger partial charge in [0.15, 0.2) is 0 Å². The highest BCUT2D eigenvalue weighted by Crippen LogP contribution is 2.29. The van der Waals surface area contributed by atoms with Gasteiger partial charge in [-0.25, -0.2) is 0 Å². The molecule has 0 radical (unpaired) electrons. The molecule has 0 bridgehead atoms. The van der Waals surface area contributed by atoms with E-state index in [0.29, 0.717) is 24.5 Å². The van der Waals surface area contributed by atoms with E-state index < -0.39 is 0 Å². The van der Waals surface area contributed by atoms with Gasteiger partial charge in [0, 0.05) is 45.2 Å². The molecule has 0 saturated heterocycles. The molecule has 0 atom stereocenters. The van der Waals surface area contributed by atoms with Crippen LogP contribution in [0.4, 0.5) is 0 Å². The predicted octanol–water partition coefficient (Wildman–Crippen LogP) is 4.59. The first kappa shape index (κ1) is 28.3. The highest BCUT2D eigenvalue weighted by molar-refractivity contribution is 7.16. The van der Waals surface area contributed by atoms with Crippen LogP contribution in [-0.2, 0) is 17.6 Å². The van der Waals surface area contributed by atoms with Crippen molar-refractivity contribution >= 4 is 27.5 Å². The molecule has 1 aromatic heterocycles. The summed E-state index contributed by atoms with van der Waals surface area (Å²) >= 11 is 1.17. The number of carbonyl (C=O) groups excluding carboxylic acids is 1. The maximum absolute atomic E-state index is 12.0. The monoisotopic (exact) mass is 538 g/mol. The number of fused-ring (bicyclic) bond motifs is 1. The number of phenolic OH excluding ortho intramolecular Hbond substituents is 1. The summed E-state index contributed by atoms with van der Waals surface area (Å²) in [6.07, 6.45) is 9.72. The van der Waals surface area contributed by atoms with Gasteiger partial charge in [0.25, 0.3) is 0 Å². The van der Waals surface area contributed by atoms with Gasteiger partial charge in [0.05, 0.1) is 4.70 Å². The molecule has 0 aliphatic heterocycles. The molecular weight excluding hydrogens is 496 g/mol. The third kappa shape index (κ3) is 8.16. The Bertz CT molecular complexity index is 1230. The lowest BCUT2D eigenvalue weighted by atomic mass is 10.0. The van der Waals surface area contributed by atoms with Crippen molar-refractivity contribution in [1.29, 1.82) is 0 Å². The fourth-order valence-electron chi connectivity index (χ4n) is 5.55. The zero-order chi connectivity index (χ0) is 26.9. The van der Waals surface area contributed by atoms with Crippen molar-refractivity contribution in [3.8, 4) is 5.75 Å². The first-order chi connectivity index (χ1) is 18.4. The van der Waals surface area contributed by atoms with Crippen LogP contribution in [0.1, 0.15) is 61.6 Å². The quantitative estimate of drug-likeness (QED) is 0.276. The number of aromatic amines is 1. The number of nitrogens with two attached hydrogens (primary N) is 1. The van der Waals surface area contributed by atoms with Crippen LogP contribution in [0.5, 0.6) is 5.75 Å². The number of nitrogens with zero attached hydrogens (tertiary/aromatic N) is 2. The van der Waals surface area contributed by atoms with Gasteiger partial charge in [-0.05, 0) is 49.8 Å². The highest BCUT2D eigenvalue weighted by Gasteiger charge is 2.22. The van der Waals surface area contributed by atoms with E-state index in [4.69, 9.17) is 5.73 Å². The lowest BCUT2D eigenvalue weighted by Gasteiger charge is -2.33. The summed E-state index contributed by atoms with van der Waals surface area (Å²) in [7, 11) is 0. The Morgan fingerprint density at radius 3 is 2.42 bits per heavy atom. The summed E-state index contributed by atoms with van der Waals surface area (Å²) in [5.41, 5.74) is 9.73. The topological polar surface area (TPSA) is 103 Å². The summed E-state index contributed by atoms with van der Waals surface area (Å²) in [6, 6.07) is 12.9. The number of hydrogen-bond acceptors (Lipinski definition) is 6. The third-order valence-electron chi connectivity index (χ3n) is 7.86. The van der Waals surface area contributed by atoms with E-state index in [9.17, 15) is 14.7 Å². The Morgan fingerprint density at radius 2 is 1.71 bits per heavy atom. The molecule has 1 saturated carbocycles. The molecule has 206 valence electrons. The summed E-state index contributed by atoms with van der Waals surface area (Å²) < 4.78 is 0.858. The summed E-state index contributed by atoms with van der Waals surface area (Å²) in [5, 5.41) is 10.2. The molecule has 1 aliphatic rings. The number of nitrogens with one attached hydrogen (secondary N) is 1. The number of H-pyrrole nitrogens is 1. The van der Waals surface area contributed by atoms with Crippen molar-refractivity contribution in [1.82, 2.24) is 14.8 Å². The largest absolute Gasteiger partial charge is 0.506 e. The number of amides is 1. The molecule has 2 aromatic carbocycles. The highest BCUT2D eigenvalue weighted by atomic mass is 32.1. The summed E-state index contributed by atoms with van der Waals surface area (Å²) in [5.74, 6) is -0.130. The van der Waals surface area contributed by atoms with Crippen LogP contribution in [-0.4, -0.2) is 64.6 Å². The molecule has 38 heavy (non-hydrogen) atoms. The van der Waals surface area contributed by atoms with E-state index >= 15 is 0 Å². The maximum Gasteiger partial charge on any atom is 0.305 e. The van der Waals surface area contributed by atoms with E-state index in [0.717, 1.165) is 49.3 Å². The van der Waals surface area contributed by atoms with Gasteiger partial charge in [0.2, 0.25) is 5.91 Å². The Hall–Kier alpha value is -2.68. The molecule has 4 rings (SSSR count). The second kappa shape index (κ2) is 13.9. The number of aromatic nitrogens is 1. The van der Waals surface area contributed by atoms with Gasteiger partial charge in [0.1, 0.15) is 11.3 Å². The molecule has 0 unspecified atom stereocenters. The van der Waals surface area contributed by atoms with E-state index in [1.54, 1.807) is 6.07 Å². The Balaban J connectivity index is 1.44. The normalized spacial score (nSPS) is 14.9. The van der Waals surface area contributed by atoms with Crippen LogP contribution in [0.2, 0.25) is 0 Å². The number of carbonyl (C=O) groups is 1. The van der Waals surface area contributed by atoms with Crippen molar-refractivity contribution < 1.29 is 9.90 Å². The summed E-state index contributed by atoms with van der Waals surface area (Å²) in [6.45, 7) is 6.39. The van der Waals surface area contributed by atoms with E-state index in [-0.39, 0.29) is 16.5 Å². The molecule has 1 aliphatic carbocycles. The molecule has 1 heterocycles. The molecule has 3 aromatic rings. The van der Waals surface area contributed by atoms with Gasteiger partial charge in [-0.15, -0.1) is 0 Å². The Kier molecular flexibility index (Phi) is 10.4. The van der Waals surface area contributed by atoms with Crippen molar-refractivity contribution in [3.05, 3.63) is 62.8 Å². The standard InChI is InChI=1S/C30H42N4O3S/c1-22-8-10-23(11-9-22)14-17-33(18-16-27(31)36)20-21-34(25-6-4-2-3-5-7-25)19-15-24-12-13-26(35)28-29(24)38-30(37)32-28/h8-13,25,35H,2-7,14-21H2,1H3,(H2,31,36)(H,32,37). The molecule has 7 nitrogen and oxygen atoms in total. The Labute approximate surface area is 229 Å². The van der Waals surface area contributed by atoms with Gasteiger partial charge in [-0.3, -0.25) is 14.5 Å². The summed E-state index contributed by atoms with van der Waals surface area (Å²) in [4.78, 5) is 31.2. The number of rotatable bonds is 13. The molecule has 4 N–H and O–H groups in total. The van der Waals surface area contributed by atoms with E-state index in [1.165, 1.54) is 61.0 Å². The maximum atomic E-state index is 12.0. The number of phenols is 1. The van der Waals surface area contributed by atoms with Crippen molar-refractivity contribution in [2.45, 2.75) is 70.8 Å². The number of hydrogen-bond donors (Lipinski definition) is 3. The molecule has 8 heteroatoms. The van der Waals surface area contributed by atoms with Crippen LogP contribution in [0, 0.1) is 6.92 Å². The zero-order valence-corrected chi connectivity index (χ0v) is 23.4. The average molecular weight is 539 g/mol. The number of thiazole rings is 1. The smallest absolute Gasteiger partial charge is 0.305 e. The molecule has 1 fully saturated rings. The number of primary amides is 1. The average Bonchev–Trinajstić information content (AvgIpc) is 3.11. The van der Waals surface area contributed by atoms with Crippen molar-refractivity contribution in [2.24, 2.45) is 5.73 Å². The number of aromatic hydroxyl groups is 1. The van der Waals surface area contributed by atoms with Crippen molar-refractivity contribution in [2.75, 3.05) is 32.7 Å². The van der Waals surface area contributed by atoms with E-state index in [2.05, 4.69) is 46.0 Å². The second-order valence-electron chi connectivity index (χ2n) is 10.7. The minimum atomic E-state index is -0.257. The predicted molar refractivity (Wildman–Crippen MR) is 156 cm³/mol. The number of aryl methyl sites for hydroxylation is 1. The lowest BCUT2D eigenvalue weighted by Crippen LogP contribution is -2.43. The van der Waals surface area contributed by atoms with Gasteiger partial charge >= 0.3 is 4.87 Å². The number of benzene rings is 2. The Morgan fingerprint density at radius 1 is 0.974 bits per heavy atom. The van der Waals surface area contributed by atoms with Gasteiger partial charge < -0.3 is 20.7 Å². The lowest BCUT2D eigenvalue weighted by molar-refractivity contribution is -0.118.